The fourth-order valence-corrected chi connectivity index (χ4v) is 2.95. The maximum atomic E-state index is 12.7. The van der Waals surface area contributed by atoms with E-state index in [0.29, 0.717) is 10.6 Å². The Kier molecular flexibility index (Phi) is 3.86. The van der Waals surface area contributed by atoms with Gasteiger partial charge in [0.05, 0.1) is 22.6 Å². The Balaban J connectivity index is 1.99. The van der Waals surface area contributed by atoms with Gasteiger partial charge >= 0.3 is 0 Å². The first-order valence-electron chi connectivity index (χ1n) is 6.91. The number of hydrogen-bond donors (Lipinski definition) is 0. The van der Waals surface area contributed by atoms with Crippen molar-refractivity contribution in [3.05, 3.63) is 70.2 Å². The van der Waals surface area contributed by atoms with Crippen molar-refractivity contribution in [2.75, 3.05) is 0 Å². The van der Waals surface area contributed by atoms with Gasteiger partial charge in [-0.1, -0.05) is 48.0 Å². The molecule has 0 fully saturated rings. The second-order valence-electron chi connectivity index (χ2n) is 5.22. The predicted octanol–water partition coefficient (Wildman–Crippen LogP) is 1.66. The zero-order chi connectivity index (χ0) is 15.7. The van der Waals surface area contributed by atoms with Crippen LogP contribution >= 0.6 is 11.6 Å². The number of halogens is 1. The SMILES string of the molecule is O=C([O-])[C@H]1Cc2ccccc2CN1C(=O)c1ccccc1Cl. The van der Waals surface area contributed by atoms with Crippen LogP contribution < -0.4 is 5.11 Å². The van der Waals surface area contributed by atoms with E-state index in [2.05, 4.69) is 0 Å². The first-order valence-corrected chi connectivity index (χ1v) is 7.29. The molecular weight excluding hydrogens is 302 g/mol. The van der Waals surface area contributed by atoms with Crippen LogP contribution in [0.2, 0.25) is 5.02 Å². The lowest BCUT2D eigenvalue weighted by atomic mass is 9.93. The van der Waals surface area contributed by atoms with Gasteiger partial charge < -0.3 is 14.8 Å². The lowest BCUT2D eigenvalue weighted by Gasteiger charge is -2.37. The van der Waals surface area contributed by atoms with Crippen LogP contribution in [0.3, 0.4) is 0 Å². The van der Waals surface area contributed by atoms with E-state index in [1.54, 1.807) is 24.3 Å². The van der Waals surface area contributed by atoms with E-state index in [0.717, 1.165) is 11.1 Å². The third-order valence-electron chi connectivity index (χ3n) is 3.89. The number of rotatable bonds is 2. The highest BCUT2D eigenvalue weighted by Crippen LogP contribution is 2.26. The maximum absolute atomic E-state index is 12.7. The van der Waals surface area contributed by atoms with E-state index in [1.807, 2.05) is 24.3 Å². The molecule has 0 saturated carbocycles. The summed E-state index contributed by atoms with van der Waals surface area (Å²) in [7, 11) is 0. The van der Waals surface area contributed by atoms with E-state index in [1.165, 1.54) is 4.90 Å². The van der Waals surface area contributed by atoms with Gasteiger partial charge in [0.1, 0.15) is 0 Å². The van der Waals surface area contributed by atoms with Crippen LogP contribution in [-0.2, 0) is 17.8 Å². The number of carboxylic acid groups (broad SMARTS) is 1. The van der Waals surface area contributed by atoms with Crippen molar-refractivity contribution in [1.82, 2.24) is 4.90 Å². The van der Waals surface area contributed by atoms with E-state index in [4.69, 9.17) is 11.6 Å². The van der Waals surface area contributed by atoms with Gasteiger partial charge in [0.15, 0.2) is 0 Å². The Labute approximate surface area is 132 Å². The number of carbonyl (C=O) groups excluding carboxylic acids is 2. The average molecular weight is 315 g/mol. The third kappa shape index (κ3) is 2.57. The molecule has 1 atom stereocenters. The van der Waals surface area contributed by atoms with Crippen molar-refractivity contribution < 1.29 is 14.7 Å². The summed E-state index contributed by atoms with van der Waals surface area (Å²) in [6, 6.07) is 13.1. The number of fused-ring (bicyclic) bond motifs is 1. The highest BCUT2D eigenvalue weighted by atomic mass is 35.5. The summed E-state index contributed by atoms with van der Waals surface area (Å²) in [6.07, 6.45) is 0.245. The van der Waals surface area contributed by atoms with Crippen molar-refractivity contribution in [3.8, 4) is 0 Å². The van der Waals surface area contributed by atoms with Crippen LogP contribution in [0.5, 0.6) is 0 Å². The number of carboxylic acids is 1. The van der Waals surface area contributed by atoms with Gasteiger partial charge in [-0.05, 0) is 29.7 Å². The van der Waals surface area contributed by atoms with Crippen molar-refractivity contribution in [2.24, 2.45) is 0 Å². The Hall–Kier alpha value is -2.33. The number of hydrogen-bond acceptors (Lipinski definition) is 3. The first-order chi connectivity index (χ1) is 10.6. The normalized spacial score (nSPS) is 17.0. The van der Waals surface area contributed by atoms with Crippen LogP contribution in [0.1, 0.15) is 21.5 Å². The number of aliphatic carboxylic acids is 1. The van der Waals surface area contributed by atoms with E-state index in [9.17, 15) is 14.7 Å². The lowest BCUT2D eigenvalue weighted by molar-refractivity contribution is -0.311. The minimum absolute atomic E-state index is 0.235. The highest BCUT2D eigenvalue weighted by molar-refractivity contribution is 6.33. The Morgan fingerprint density at radius 2 is 1.68 bits per heavy atom. The Morgan fingerprint density at radius 1 is 1.05 bits per heavy atom. The number of carbonyl (C=O) groups is 2. The summed E-state index contributed by atoms with van der Waals surface area (Å²) in [6.45, 7) is 0.235. The minimum Gasteiger partial charge on any atom is -0.548 e. The van der Waals surface area contributed by atoms with Gasteiger partial charge in [0.25, 0.3) is 5.91 Å². The van der Waals surface area contributed by atoms with Crippen LogP contribution in [0, 0.1) is 0 Å². The standard InChI is InChI=1S/C17H14ClNO3/c18-14-8-4-3-7-13(14)16(20)19-10-12-6-2-1-5-11(12)9-15(19)17(21)22/h1-8,15H,9-10H2,(H,21,22)/p-1/t15-/m1/s1. The van der Waals surface area contributed by atoms with Crippen molar-refractivity contribution >= 4 is 23.5 Å². The monoisotopic (exact) mass is 314 g/mol. The highest BCUT2D eigenvalue weighted by Gasteiger charge is 2.31. The predicted molar refractivity (Wildman–Crippen MR) is 80.3 cm³/mol. The molecule has 0 N–H and O–H groups in total. The van der Waals surface area contributed by atoms with Gasteiger partial charge in [-0.3, -0.25) is 4.79 Å². The zero-order valence-corrected chi connectivity index (χ0v) is 12.4. The summed E-state index contributed by atoms with van der Waals surface area (Å²) in [5.74, 6) is -1.65. The summed E-state index contributed by atoms with van der Waals surface area (Å²) in [5.41, 5.74) is 2.18. The average Bonchev–Trinajstić information content (AvgIpc) is 2.53. The molecular formula is C17H13ClNO3-. The number of nitrogens with zero attached hydrogens (tertiary/aromatic N) is 1. The Morgan fingerprint density at radius 3 is 2.36 bits per heavy atom. The minimum atomic E-state index is -1.25. The molecule has 1 amide bonds. The smallest absolute Gasteiger partial charge is 0.256 e. The van der Waals surface area contributed by atoms with Crippen molar-refractivity contribution in [3.63, 3.8) is 0 Å². The summed E-state index contributed by atoms with van der Waals surface area (Å²) in [5, 5.41) is 11.8. The molecule has 1 aliphatic rings. The van der Waals surface area contributed by atoms with Crippen molar-refractivity contribution in [1.29, 1.82) is 0 Å². The van der Waals surface area contributed by atoms with Crippen LogP contribution in [0.25, 0.3) is 0 Å². The largest absolute Gasteiger partial charge is 0.548 e. The summed E-state index contributed by atoms with van der Waals surface area (Å²) < 4.78 is 0. The molecule has 4 nitrogen and oxygen atoms in total. The topological polar surface area (TPSA) is 60.4 Å². The molecule has 2 aromatic rings. The fraction of sp³-hybridized carbons (Fsp3) is 0.176. The summed E-state index contributed by atoms with van der Waals surface area (Å²) >= 11 is 6.06. The number of amides is 1. The molecule has 22 heavy (non-hydrogen) atoms. The maximum Gasteiger partial charge on any atom is 0.256 e. The molecule has 112 valence electrons. The second kappa shape index (κ2) is 5.81. The Bertz CT molecular complexity index is 744. The van der Waals surface area contributed by atoms with E-state index >= 15 is 0 Å². The fourth-order valence-electron chi connectivity index (χ4n) is 2.74. The van der Waals surface area contributed by atoms with Gasteiger partial charge in [-0.15, -0.1) is 0 Å². The third-order valence-corrected chi connectivity index (χ3v) is 4.22. The molecule has 3 rings (SSSR count). The summed E-state index contributed by atoms with van der Waals surface area (Å²) in [4.78, 5) is 25.5. The lowest BCUT2D eigenvalue weighted by Crippen LogP contribution is -2.53. The first kappa shape index (κ1) is 14.6. The van der Waals surface area contributed by atoms with Crippen LogP contribution in [-0.4, -0.2) is 22.8 Å². The molecule has 2 aromatic carbocycles. The molecule has 0 saturated heterocycles. The van der Waals surface area contributed by atoms with Crippen molar-refractivity contribution in [2.45, 2.75) is 19.0 Å². The zero-order valence-electron chi connectivity index (χ0n) is 11.7. The second-order valence-corrected chi connectivity index (χ2v) is 5.63. The molecule has 5 heteroatoms. The van der Waals surface area contributed by atoms with Gasteiger partial charge in [0, 0.05) is 6.54 Å². The van der Waals surface area contributed by atoms with E-state index < -0.39 is 17.9 Å². The van der Waals surface area contributed by atoms with E-state index in [-0.39, 0.29) is 13.0 Å². The molecule has 0 unspecified atom stereocenters. The van der Waals surface area contributed by atoms with Crippen LogP contribution in [0.15, 0.2) is 48.5 Å². The van der Waals surface area contributed by atoms with Gasteiger partial charge in [-0.2, -0.15) is 0 Å². The van der Waals surface area contributed by atoms with Gasteiger partial charge in [0.2, 0.25) is 0 Å². The molecule has 0 spiro atoms. The molecule has 0 bridgehead atoms. The molecule has 0 aliphatic carbocycles. The van der Waals surface area contributed by atoms with Crippen LogP contribution in [0.4, 0.5) is 0 Å². The molecule has 1 heterocycles. The number of benzene rings is 2. The molecule has 1 aliphatic heterocycles. The quantitative estimate of drug-likeness (QED) is 0.847. The molecule has 0 aromatic heterocycles. The van der Waals surface area contributed by atoms with Gasteiger partial charge in [-0.25, -0.2) is 0 Å². The molecule has 0 radical (unpaired) electrons.